The average Bonchev–Trinajstić information content (AvgIpc) is 2.33. The first-order valence-corrected chi connectivity index (χ1v) is 5.20. The standard InChI is InChI=1S/C12H14N2O2/c13-12-9-3-1-6-14-10(9)4-5-11(12)16-8-2-7-15/h1,3-6,15H,2,7-8,13H2. The number of aliphatic hydroxyl groups is 1. The first-order valence-electron chi connectivity index (χ1n) is 5.20. The van der Waals surface area contributed by atoms with E-state index in [9.17, 15) is 0 Å². The zero-order chi connectivity index (χ0) is 11.4. The number of aromatic nitrogens is 1. The second-order valence-electron chi connectivity index (χ2n) is 3.47. The molecule has 84 valence electrons. The van der Waals surface area contributed by atoms with E-state index in [1.165, 1.54) is 0 Å². The van der Waals surface area contributed by atoms with Crippen LogP contribution in [0.15, 0.2) is 30.5 Å². The normalized spacial score (nSPS) is 10.6. The molecule has 0 saturated carbocycles. The number of ether oxygens (including phenoxy) is 1. The summed E-state index contributed by atoms with van der Waals surface area (Å²) < 4.78 is 5.47. The van der Waals surface area contributed by atoms with Gasteiger partial charge in [0.25, 0.3) is 0 Å². The Morgan fingerprint density at radius 3 is 3.00 bits per heavy atom. The molecule has 0 spiro atoms. The molecule has 0 saturated heterocycles. The predicted molar refractivity (Wildman–Crippen MR) is 63.4 cm³/mol. The Balaban J connectivity index is 2.29. The Kier molecular flexibility index (Phi) is 3.22. The number of nitrogens with zero attached hydrogens (tertiary/aromatic N) is 1. The number of aliphatic hydroxyl groups excluding tert-OH is 1. The summed E-state index contributed by atoms with van der Waals surface area (Å²) in [4.78, 5) is 4.20. The van der Waals surface area contributed by atoms with E-state index in [0.29, 0.717) is 24.5 Å². The zero-order valence-corrected chi connectivity index (χ0v) is 8.89. The van der Waals surface area contributed by atoms with Crippen molar-refractivity contribution in [2.45, 2.75) is 6.42 Å². The van der Waals surface area contributed by atoms with Crippen LogP contribution < -0.4 is 10.5 Å². The van der Waals surface area contributed by atoms with Crippen LogP contribution in [-0.4, -0.2) is 23.3 Å². The second kappa shape index (κ2) is 4.81. The van der Waals surface area contributed by atoms with Crippen molar-refractivity contribution in [2.75, 3.05) is 18.9 Å². The van der Waals surface area contributed by atoms with Gasteiger partial charge in [-0.15, -0.1) is 0 Å². The molecule has 0 bridgehead atoms. The van der Waals surface area contributed by atoms with Crippen LogP contribution in [0.5, 0.6) is 5.75 Å². The zero-order valence-electron chi connectivity index (χ0n) is 8.89. The highest BCUT2D eigenvalue weighted by Gasteiger charge is 2.05. The summed E-state index contributed by atoms with van der Waals surface area (Å²) >= 11 is 0. The Labute approximate surface area is 93.7 Å². The maximum absolute atomic E-state index is 8.66. The van der Waals surface area contributed by atoms with Crippen LogP contribution in [0, 0.1) is 0 Å². The van der Waals surface area contributed by atoms with Crippen LogP contribution in [-0.2, 0) is 0 Å². The monoisotopic (exact) mass is 218 g/mol. The Morgan fingerprint density at radius 2 is 2.19 bits per heavy atom. The van der Waals surface area contributed by atoms with Gasteiger partial charge in [-0.1, -0.05) is 0 Å². The summed E-state index contributed by atoms with van der Waals surface area (Å²) in [6.45, 7) is 0.585. The van der Waals surface area contributed by atoms with Crippen molar-refractivity contribution in [2.24, 2.45) is 0 Å². The van der Waals surface area contributed by atoms with E-state index in [4.69, 9.17) is 15.6 Å². The number of pyridine rings is 1. The minimum atomic E-state index is 0.120. The molecule has 1 aromatic carbocycles. The summed E-state index contributed by atoms with van der Waals surface area (Å²) in [7, 11) is 0. The molecule has 1 aromatic heterocycles. The minimum Gasteiger partial charge on any atom is -0.491 e. The smallest absolute Gasteiger partial charge is 0.142 e. The van der Waals surface area contributed by atoms with E-state index >= 15 is 0 Å². The SMILES string of the molecule is Nc1c(OCCCO)ccc2ncccc12. The fraction of sp³-hybridized carbons (Fsp3) is 0.250. The van der Waals surface area contributed by atoms with E-state index in [0.717, 1.165) is 10.9 Å². The molecule has 0 amide bonds. The van der Waals surface area contributed by atoms with Crippen molar-refractivity contribution >= 4 is 16.6 Å². The van der Waals surface area contributed by atoms with Crippen molar-refractivity contribution < 1.29 is 9.84 Å². The Hall–Kier alpha value is -1.81. The molecule has 0 aliphatic rings. The lowest BCUT2D eigenvalue weighted by molar-refractivity contribution is 0.234. The van der Waals surface area contributed by atoms with E-state index in [2.05, 4.69) is 4.98 Å². The van der Waals surface area contributed by atoms with Crippen molar-refractivity contribution in [1.82, 2.24) is 4.98 Å². The largest absolute Gasteiger partial charge is 0.491 e. The topological polar surface area (TPSA) is 68.4 Å². The number of rotatable bonds is 4. The highest BCUT2D eigenvalue weighted by atomic mass is 16.5. The highest BCUT2D eigenvalue weighted by molar-refractivity contribution is 5.93. The number of anilines is 1. The lowest BCUT2D eigenvalue weighted by Crippen LogP contribution is -2.02. The van der Waals surface area contributed by atoms with Crippen molar-refractivity contribution in [1.29, 1.82) is 0 Å². The Bertz CT molecular complexity index is 485. The molecule has 0 atom stereocenters. The first-order chi connectivity index (χ1) is 7.83. The quantitative estimate of drug-likeness (QED) is 0.604. The third kappa shape index (κ3) is 2.06. The van der Waals surface area contributed by atoms with Crippen LogP contribution in [0.3, 0.4) is 0 Å². The molecule has 0 aliphatic carbocycles. The molecular formula is C12H14N2O2. The molecule has 16 heavy (non-hydrogen) atoms. The van der Waals surface area contributed by atoms with Crippen LogP contribution in [0.2, 0.25) is 0 Å². The van der Waals surface area contributed by atoms with Gasteiger partial charge < -0.3 is 15.6 Å². The first kappa shape index (κ1) is 10.7. The van der Waals surface area contributed by atoms with Crippen molar-refractivity contribution in [3.63, 3.8) is 0 Å². The molecule has 0 unspecified atom stereocenters. The van der Waals surface area contributed by atoms with Gasteiger partial charge in [0.1, 0.15) is 5.75 Å². The van der Waals surface area contributed by atoms with Gasteiger partial charge in [-0.05, 0) is 24.3 Å². The molecule has 0 radical (unpaired) electrons. The molecule has 0 fully saturated rings. The second-order valence-corrected chi connectivity index (χ2v) is 3.47. The van der Waals surface area contributed by atoms with Gasteiger partial charge in [0.2, 0.25) is 0 Å². The van der Waals surface area contributed by atoms with Gasteiger partial charge in [-0.2, -0.15) is 0 Å². The average molecular weight is 218 g/mol. The van der Waals surface area contributed by atoms with E-state index in [1.54, 1.807) is 6.20 Å². The van der Waals surface area contributed by atoms with Crippen LogP contribution >= 0.6 is 0 Å². The maximum Gasteiger partial charge on any atom is 0.142 e. The van der Waals surface area contributed by atoms with Crippen LogP contribution in [0.1, 0.15) is 6.42 Å². The van der Waals surface area contributed by atoms with Crippen molar-refractivity contribution in [3.8, 4) is 5.75 Å². The number of nitrogen functional groups attached to an aromatic ring is 1. The van der Waals surface area contributed by atoms with Gasteiger partial charge in [0, 0.05) is 24.6 Å². The van der Waals surface area contributed by atoms with E-state index in [1.807, 2.05) is 24.3 Å². The number of hydrogen-bond donors (Lipinski definition) is 2. The molecule has 0 aliphatic heterocycles. The lowest BCUT2D eigenvalue weighted by atomic mass is 10.1. The third-order valence-corrected chi connectivity index (χ3v) is 2.35. The summed E-state index contributed by atoms with van der Waals surface area (Å²) in [5, 5.41) is 9.56. The molecule has 2 rings (SSSR count). The summed E-state index contributed by atoms with van der Waals surface area (Å²) in [5.41, 5.74) is 7.43. The number of nitrogens with two attached hydrogens (primary N) is 1. The Morgan fingerprint density at radius 1 is 1.31 bits per heavy atom. The van der Waals surface area contributed by atoms with Gasteiger partial charge in [-0.3, -0.25) is 4.98 Å². The molecule has 4 nitrogen and oxygen atoms in total. The van der Waals surface area contributed by atoms with Gasteiger partial charge in [0.05, 0.1) is 17.8 Å². The molecular weight excluding hydrogens is 204 g/mol. The van der Waals surface area contributed by atoms with Crippen LogP contribution in [0.25, 0.3) is 10.9 Å². The van der Waals surface area contributed by atoms with E-state index in [-0.39, 0.29) is 6.61 Å². The summed E-state index contributed by atoms with van der Waals surface area (Å²) in [6, 6.07) is 7.44. The minimum absolute atomic E-state index is 0.120. The van der Waals surface area contributed by atoms with E-state index < -0.39 is 0 Å². The number of hydrogen-bond acceptors (Lipinski definition) is 4. The predicted octanol–water partition coefficient (Wildman–Crippen LogP) is 1.58. The lowest BCUT2D eigenvalue weighted by Gasteiger charge is -2.09. The third-order valence-electron chi connectivity index (χ3n) is 2.35. The fourth-order valence-corrected chi connectivity index (χ4v) is 1.53. The van der Waals surface area contributed by atoms with Gasteiger partial charge in [0.15, 0.2) is 0 Å². The fourth-order valence-electron chi connectivity index (χ4n) is 1.53. The summed E-state index contributed by atoms with van der Waals surface area (Å²) in [5.74, 6) is 0.647. The van der Waals surface area contributed by atoms with Gasteiger partial charge >= 0.3 is 0 Å². The number of fused-ring (bicyclic) bond motifs is 1. The highest BCUT2D eigenvalue weighted by Crippen LogP contribution is 2.29. The molecule has 2 aromatic rings. The van der Waals surface area contributed by atoms with Gasteiger partial charge in [-0.25, -0.2) is 0 Å². The molecule has 3 N–H and O–H groups in total. The molecule has 1 heterocycles. The maximum atomic E-state index is 8.66. The molecule has 4 heteroatoms. The van der Waals surface area contributed by atoms with Crippen LogP contribution in [0.4, 0.5) is 5.69 Å². The summed E-state index contributed by atoms with van der Waals surface area (Å²) in [6.07, 6.45) is 2.33. The van der Waals surface area contributed by atoms with Crippen molar-refractivity contribution in [3.05, 3.63) is 30.5 Å². The number of benzene rings is 1.